The Labute approximate surface area is 169 Å². The number of carbonyl (C=O) groups is 1. The van der Waals surface area contributed by atoms with Crippen LogP contribution in [-0.2, 0) is 6.54 Å². The van der Waals surface area contributed by atoms with Crippen LogP contribution in [-0.4, -0.2) is 25.9 Å². The first-order valence-corrected chi connectivity index (χ1v) is 9.54. The maximum atomic E-state index is 12.6. The third-order valence-electron chi connectivity index (χ3n) is 5.04. The van der Waals surface area contributed by atoms with Crippen molar-refractivity contribution in [1.82, 2.24) is 25.3 Å². The quantitative estimate of drug-likeness (QED) is 0.543. The number of aryl methyl sites for hydroxylation is 2. The summed E-state index contributed by atoms with van der Waals surface area (Å²) in [5.74, 6) is -0.192. The van der Waals surface area contributed by atoms with Gasteiger partial charge >= 0.3 is 0 Å². The molecule has 0 radical (unpaired) electrons. The SMILES string of the molecule is Cc1ccc(-c2cc(C(=O)NCc3c(C)nn(-c4ccccc4)c3C)[nH]n2)cc1. The normalized spacial score (nSPS) is 10.9. The van der Waals surface area contributed by atoms with Crippen LogP contribution in [0.3, 0.4) is 0 Å². The molecule has 4 rings (SSSR count). The van der Waals surface area contributed by atoms with Gasteiger partial charge in [0.05, 0.1) is 17.1 Å². The van der Waals surface area contributed by atoms with Crippen LogP contribution in [0.1, 0.15) is 33.0 Å². The Balaban J connectivity index is 1.48. The van der Waals surface area contributed by atoms with Gasteiger partial charge in [-0.2, -0.15) is 10.2 Å². The van der Waals surface area contributed by atoms with Crippen LogP contribution in [0.25, 0.3) is 16.9 Å². The smallest absolute Gasteiger partial charge is 0.269 e. The number of rotatable bonds is 5. The molecule has 1 amide bonds. The van der Waals surface area contributed by atoms with Gasteiger partial charge in [0.1, 0.15) is 5.69 Å². The second kappa shape index (κ2) is 7.75. The van der Waals surface area contributed by atoms with Gasteiger partial charge in [-0.25, -0.2) is 4.68 Å². The molecule has 0 aliphatic rings. The Kier molecular flexibility index (Phi) is 4.99. The highest BCUT2D eigenvalue weighted by molar-refractivity contribution is 5.93. The minimum absolute atomic E-state index is 0.192. The van der Waals surface area contributed by atoms with E-state index in [1.165, 1.54) is 5.56 Å². The average molecular weight is 385 g/mol. The first-order chi connectivity index (χ1) is 14.0. The third kappa shape index (κ3) is 3.82. The van der Waals surface area contributed by atoms with Gasteiger partial charge in [0, 0.05) is 23.4 Å². The molecule has 6 nitrogen and oxygen atoms in total. The number of benzene rings is 2. The molecule has 0 spiro atoms. The molecule has 4 aromatic rings. The molecule has 0 fully saturated rings. The molecule has 0 saturated heterocycles. The van der Waals surface area contributed by atoms with Gasteiger partial charge in [0.2, 0.25) is 0 Å². The van der Waals surface area contributed by atoms with Crippen molar-refractivity contribution in [3.8, 4) is 16.9 Å². The van der Waals surface area contributed by atoms with Gasteiger partial charge in [0.25, 0.3) is 5.91 Å². The molecule has 0 aliphatic heterocycles. The summed E-state index contributed by atoms with van der Waals surface area (Å²) in [5.41, 5.74) is 7.27. The molecule has 0 atom stereocenters. The van der Waals surface area contributed by atoms with E-state index in [9.17, 15) is 4.79 Å². The van der Waals surface area contributed by atoms with Crippen LogP contribution in [0.15, 0.2) is 60.7 Å². The van der Waals surface area contributed by atoms with Gasteiger partial charge in [-0.3, -0.25) is 9.89 Å². The first-order valence-electron chi connectivity index (χ1n) is 9.54. The summed E-state index contributed by atoms with van der Waals surface area (Å²) in [4.78, 5) is 12.6. The van der Waals surface area contributed by atoms with Gasteiger partial charge in [-0.1, -0.05) is 48.0 Å². The van der Waals surface area contributed by atoms with E-state index in [0.717, 1.165) is 33.9 Å². The van der Waals surface area contributed by atoms with E-state index in [-0.39, 0.29) is 5.91 Å². The number of aromatic nitrogens is 4. The molecule has 0 bridgehead atoms. The van der Waals surface area contributed by atoms with Gasteiger partial charge in [0.15, 0.2) is 0 Å². The van der Waals surface area contributed by atoms with E-state index in [1.54, 1.807) is 6.07 Å². The number of H-pyrrole nitrogens is 1. The zero-order chi connectivity index (χ0) is 20.4. The Morgan fingerprint density at radius 3 is 2.48 bits per heavy atom. The van der Waals surface area contributed by atoms with Gasteiger partial charge in [-0.15, -0.1) is 0 Å². The third-order valence-corrected chi connectivity index (χ3v) is 5.04. The maximum Gasteiger partial charge on any atom is 0.269 e. The standard InChI is InChI=1S/C23H23N5O/c1-15-9-11-18(12-10-15)21-13-22(26-25-21)23(29)24-14-20-16(2)27-28(17(20)3)19-7-5-4-6-8-19/h4-13H,14H2,1-3H3,(H,24,29)(H,25,26). The maximum absolute atomic E-state index is 12.6. The second-order valence-electron chi connectivity index (χ2n) is 7.11. The highest BCUT2D eigenvalue weighted by atomic mass is 16.1. The van der Waals surface area contributed by atoms with E-state index in [0.29, 0.717) is 12.2 Å². The molecule has 29 heavy (non-hydrogen) atoms. The molecule has 2 N–H and O–H groups in total. The number of nitrogens with one attached hydrogen (secondary N) is 2. The zero-order valence-corrected chi connectivity index (χ0v) is 16.7. The van der Waals surface area contributed by atoms with E-state index < -0.39 is 0 Å². The summed E-state index contributed by atoms with van der Waals surface area (Å²) < 4.78 is 1.91. The Morgan fingerprint density at radius 1 is 1.03 bits per heavy atom. The fourth-order valence-corrected chi connectivity index (χ4v) is 3.33. The number of aromatic amines is 1. The van der Waals surface area contributed by atoms with Crippen molar-refractivity contribution >= 4 is 5.91 Å². The van der Waals surface area contributed by atoms with Crippen LogP contribution in [0.4, 0.5) is 0 Å². The Hall–Kier alpha value is -3.67. The number of carbonyl (C=O) groups excluding carboxylic acids is 1. The zero-order valence-electron chi connectivity index (χ0n) is 16.7. The molecule has 0 aliphatic carbocycles. The number of amides is 1. The van der Waals surface area contributed by atoms with Crippen LogP contribution < -0.4 is 5.32 Å². The summed E-state index contributed by atoms with van der Waals surface area (Å²) in [5, 5.41) is 14.7. The van der Waals surface area contributed by atoms with Crippen LogP contribution >= 0.6 is 0 Å². The molecule has 0 saturated carbocycles. The fraction of sp³-hybridized carbons (Fsp3) is 0.174. The lowest BCUT2D eigenvalue weighted by Gasteiger charge is -2.06. The molecule has 2 heterocycles. The minimum atomic E-state index is -0.192. The predicted molar refractivity (Wildman–Crippen MR) is 113 cm³/mol. The number of para-hydroxylation sites is 1. The highest BCUT2D eigenvalue weighted by Gasteiger charge is 2.15. The largest absolute Gasteiger partial charge is 0.347 e. The lowest BCUT2D eigenvalue weighted by atomic mass is 10.1. The Bertz CT molecular complexity index is 1140. The van der Waals surface area contributed by atoms with Crippen molar-refractivity contribution in [2.24, 2.45) is 0 Å². The van der Waals surface area contributed by atoms with Crippen molar-refractivity contribution < 1.29 is 4.79 Å². The molecule has 0 unspecified atom stereocenters. The fourth-order valence-electron chi connectivity index (χ4n) is 3.33. The van der Waals surface area contributed by atoms with E-state index in [1.807, 2.05) is 80.1 Å². The van der Waals surface area contributed by atoms with Crippen molar-refractivity contribution in [1.29, 1.82) is 0 Å². The molecule has 6 heteroatoms. The van der Waals surface area contributed by atoms with E-state index >= 15 is 0 Å². The molecular formula is C23H23N5O. The Morgan fingerprint density at radius 2 is 1.76 bits per heavy atom. The average Bonchev–Trinajstić information content (AvgIpc) is 3.33. The lowest BCUT2D eigenvalue weighted by Crippen LogP contribution is -2.23. The summed E-state index contributed by atoms with van der Waals surface area (Å²) in [6.45, 7) is 6.42. The number of hydrogen-bond acceptors (Lipinski definition) is 3. The number of hydrogen-bond donors (Lipinski definition) is 2. The summed E-state index contributed by atoms with van der Waals surface area (Å²) in [6.07, 6.45) is 0. The predicted octanol–water partition coefficient (Wildman–Crippen LogP) is 4.12. The molecular weight excluding hydrogens is 362 g/mol. The summed E-state index contributed by atoms with van der Waals surface area (Å²) in [6, 6.07) is 19.8. The minimum Gasteiger partial charge on any atom is -0.347 e. The monoisotopic (exact) mass is 385 g/mol. The van der Waals surface area contributed by atoms with Crippen LogP contribution in [0, 0.1) is 20.8 Å². The topological polar surface area (TPSA) is 75.6 Å². The van der Waals surface area contributed by atoms with E-state index in [2.05, 4.69) is 20.6 Å². The highest BCUT2D eigenvalue weighted by Crippen LogP contribution is 2.19. The summed E-state index contributed by atoms with van der Waals surface area (Å²) >= 11 is 0. The van der Waals surface area contributed by atoms with Crippen molar-refractivity contribution in [2.75, 3.05) is 0 Å². The summed E-state index contributed by atoms with van der Waals surface area (Å²) in [7, 11) is 0. The number of nitrogens with zero attached hydrogens (tertiary/aromatic N) is 3. The van der Waals surface area contributed by atoms with Crippen molar-refractivity contribution in [3.05, 3.63) is 88.9 Å². The van der Waals surface area contributed by atoms with Crippen molar-refractivity contribution in [2.45, 2.75) is 27.3 Å². The first kappa shape index (κ1) is 18.7. The van der Waals surface area contributed by atoms with E-state index in [4.69, 9.17) is 0 Å². The van der Waals surface area contributed by atoms with Crippen LogP contribution in [0.5, 0.6) is 0 Å². The van der Waals surface area contributed by atoms with Gasteiger partial charge < -0.3 is 5.32 Å². The molecule has 2 aromatic carbocycles. The lowest BCUT2D eigenvalue weighted by molar-refractivity contribution is 0.0946. The second-order valence-corrected chi connectivity index (χ2v) is 7.11. The van der Waals surface area contributed by atoms with Crippen molar-refractivity contribution in [3.63, 3.8) is 0 Å². The molecule has 2 aromatic heterocycles. The van der Waals surface area contributed by atoms with Crippen LogP contribution in [0.2, 0.25) is 0 Å². The molecule has 146 valence electrons. The van der Waals surface area contributed by atoms with Gasteiger partial charge in [-0.05, 0) is 39.0 Å².